The number of aromatic nitrogens is 2. The van der Waals surface area contributed by atoms with Gasteiger partial charge < -0.3 is 30.5 Å². The van der Waals surface area contributed by atoms with Gasteiger partial charge in [0.2, 0.25) is 0 Å². The molecule has 1 aromatic heterocycles. The Morgan fingerprint density at radius 2 is 2.09 bits per heavy atom. The molecule has 1 radical (unpaired) electrons. The fourth-order valence-electron chi connectivity index (χ4n) is 1.27. The van der Waals surface area contributed by atoms with Crippen molar-refractivity contribution in [2.24, 2.45) is 10.3 Å². The summed E-state index contributed by atoms with van der Waals surface area (Å²) >= 11 is 0. The van der Waals surface area contributed by atoms with E-state index in [-0.39, 0.29) is 49.7 Å². The van der Waals surface area contributed by atoms with Crippen LogP contribution in [0.2, 0.25) is 0 Å². The first-order chi connectivity index (χ1) is 10.6. The minimum Gasteiger partial charge on any atom is -0.503 e. The van der Waals surface area contributed by atoms with Crippen LogP contribution in [-0.2, 0) is 51.8 Å². The van der Waals surface area contributed by atoms with Crippen molar-refractivity contribution in [3.05, 3.63) is 24.3 Å². The summed E-state index contributed by atoms with van der Waals surface area (Å²) in [6.45, 7) is 1.59. The van der Waals surface area contributed by atoms with E-state index in [1.807, 2.05) is 0 Å². The zero-order valence-corrected chi connectivity index (χ0v) is 16.0. The van der Waals surface area contributed by atoms with Gasteiger partial charge in [0.05, 0.1) is 26.0 Å². The van der Waals surface area contributed by atoms with Gasteiger partial charge in [-0.3, -0.25) is 0 Å². The quantitative estimate of drug-likeness (QED) is 0.168. The average molecular weight is 396 g/mol. The molecular weight excluding hydrogens is 381 g/mol. The van der Waals surface area contributed by atoms with Gasteiger partial charge in [0.25, 0.3) is 5.88 Å². The second-order valence-corrected chi connectivity index (χ2v) is 3.65. The number of nitrogens with zero attached hydrogens (tertiary/aromatic N) is 4. The van der Waals surface area contributed by atoms with E-state index in [1.54, 1.807) is 6.92 Å². The summed E-state index contributed by atoms with van der Waals surface area (Å²) in [7, 11) is 4.02. The van der Waals surface area contributed by atoms with Crippen molar-refractivity contribution in [1.29, 1.82) is 0 Å². The summed E-state index contributed by atoms with van der Waals surface area (Å²) in [5, 5.41) is 7.16. The SMILES string of the molecule is CO/C=C(/C(=O)OC)c1cncnc1O/N=C(\C)[C-]=NOC.[Y]. The molecule has 1 heterocycles. The monoisotopic (exact) mass is 396 g/mol. The van der Waals surface area contributed by atoms with Crippen LogP contribution in [0, 0.1) is 0 Å². The molecule has 0 bridgehead atoms. The number of carbonyl (C=O) groups is 1. The number of ether oxygens (including phenoxy) is 2. The van der Waals surface area contributed by atoms with Gasteiger partial charge in [0.15, 0.2) is 0 Å². The van der Waals surface area contributed by atoms with E-state index >= 15 is 0 Å². The van der Waals surface area contributed by atoms with Crippen molar-refractivity contribution in [1.82, 2.24) is 9.97 Å². The Kier molecular flexibility index (Phi) is 10.7. The normalized spacial score (nSPS) is 11.7. The molecule has 1 rings (SSSR count). The molecule has 0 N–H and O–H groups in total. The number of esters is 1. The van der Waals surface area contributed by atoms with E-state index in [0.717, 1.165) is 0 Å². The van der Waals surface area contributed by atoms with E-state index in [4.69, 9.17) is 9.57 Å². The van der Waals surface area contributed by atoms with Crippen LogP contribution in [0.15, 0.2) is 29.1 Å². The fourth-order valence-corrected chi connectivity index (χ4v) is 1.27. The Labute approximate surface area is 158 Å². The second-order valence-electron chi connectivity index (χ2n) is 3.65. The van der Waals surface area contributed by atoms with Crippen LogP contribution in [-0.4, -0.2) is 49.2 Å². The molecule has 0 saturated heterocycles. The molecule has 0 aliphatic rings. The van der Waals surface area contributed by atoms with Gasteiger partial charge in [-0.2, -0.15) is 4.98 Å². The van der Waals surface area contributed by atoms with Gasteiger partial charge in [-0.25, -0.2) is 9.78 Å². The van der Waals surface area contributed by atoms with Crippen molar-refractivity contribution in [3.8, 4) is 5.88 Å². The first-order valence-corrected chi connectivity index (χ1v) is 5.96. The molecule has 0 aliphatic heterocycles. The molecule has 0 amide bonds. The van der Waals surface area contributed by atoms with Gasteiger partial charge in [0.1, 0.15) is 19.0 Å². The van der Waals surface area contributed by atoms with Gasteiger partial charge in [0, 0.05) is 38.9 Å². The van der Waals surface area contributed by atoms with Gasteiger partial charge >= 0.3 is 5.97 Å². The Balaban J connectivity index is 0.00000484. The number of hydrogen-bond donors (Lipinski definition) is 0. The largest absolute Gasteiger partial charge is 0.503 e. The molecule has 10 heteroatoms. The average Bonchev–Trinajstić information content (AvgIpc) is 2.55. The van der Waals surface area contributed by atoms with Gasteiger partial charge in [-0.15, -0.1) is 5.16 Å². The van der Waals surface area contributed by atoms with Crippen molar-refractivity contribution < 1.29 is 56.7 Å². The summed E-state index contributed by atoms with van der Waals surface area (Å²) in [4.78, 5) is 29.2. The van der Waals surface area contributed by atoms with Crippen molar-refractivity contribution in [2.75, 3.05) is 21.3 Å². The van der Waals surface area contributed by atoms with Crippen LogP contribution in [0.5, 0.6) is 5.88 Å². The molecule has 0 saturated carbocycles. The molecule has 0 spiro atoms. The van der Waals surface area contributed by atoms with Crippen LogP contribution < -0.4 is 4.84 Å². The Hall–Kier alpha value is -1.87. The maximum atomic E-state index is 11.8. The van der Waals surface area contributed by atoms with Gasteiger partial charge in [-0.1, -0.05) is 12.6 Å². The zero-order valence-electron chi connectivity index (χ0n) is 13.1. The molecular formula is C13H15N4O5Y-. The smallest absolute Gasteiger partial charge is 0.341 e. The summed E-state index contributed by atoms with van der Waals surface area (Å²) < 4.78 is 9.54. The predicted molar refractivity (Wildman–Crippen MR) is 77.2 cm³/mol. The number of methoxy groups -OCH3 is 2. The first-order valence-electron chi connectivity index (χ1n) is 5.96. The summed E-state index contributed by atoms with van der Waals surface area (Å²) in [5.74, 6) is -0.586. The Morgan fingerprint density at radius 1 is 1.35 bits per heavy atom. The summed E-state index contributed by atoms with van der Waals surface area (Å²) in [6, 6.07) is 0. The number of carbonyl (C=O) groups excluding carboxylic acids is 1. The van der Waals surface area contributed by atoms with E-state index in [0.29, 0.717) is 5.71 Å². The standard InChI is InChI=1S/C13H15N4O5.Y/c1-9(5-16-21-4)17-22-12-10(6-14-8-15-12)11(7-19-2)13(18)20-3;/h6-8H,1-4H3;/q-1;/b11-7+,17-9+;. The summed E-state index contributed by atoms with van der Waals surface area (Å²) in [6.07, 6.45) is 6.29. The summed E-state index contributed by atoms with van der Waals surface area (Å²) in [5.41, 5.74) is 0.654. The molecule has 23 heavy (non-hydrogen) atoms. The van der Waals surface area contributed by atoms with E-state index < -0.39 is 5.97 Å². The molecule has 9 nitrogen and oxygen atoms in total. The maximum absolute atomic E-state index is 11.8. The number of oxime groups is 1. The zero-order chi connectivity index (χ0) is 16.4. The predicted octanol–water partition coefficient (Wildman–Crippen LogP) is 0.898. The number of hydrogen-bond acceptors (Lipinski definition) is 9. The van der Waals surface area contributed by atoms with Crippen LogP contribution in [0.25, 0.3) is 5.57 Å². The van der Waals surface area contributed by atoms with E-state index in [9.17, 15) is 4.79 Å². The molecule has 0 fully saturated rings. The fraction of sp³-hybridized carbons (Fsp3) is 0.308. The van der Waals surface area contributed by atoms with Crippen molar-refractivity contribution >= 4 is 23.5 Å². The molecule has 0 aromatic carbocycles. The Morgan fingerprint density at radius 3 is 2.70 bits per heavy atom. The minimum absolute atomic E-state index is 0. The third kappa shape index (κ3) is 6.83. The third-order valence-electron chi connectivity index (χ3n) is 2.17. The second kappa shape index (κ2) is 11.7. The molecule has 1 aromatic rings. The van der Waals surface area contributed by atoms with Crippen LogP contribution in [0.4, 0.5) is 0 Å². The molecule has 121 valence electrons. The molecule has 0 aliphatic carbocycles. The third-order valence-corrected chi connectivity index (χ3v) is 2.17. The topological polar surface area (TPSA) is 104 Å². The van der Waals surface area contributed by atoms with Crippen LogP contribution in [0.3, 0.4) is 0 Å². The molecule has 0 unspecified atom stereocenters. The number of rotatable bonds is 7. The van der Waals surface area contributed by atoms with E-state index in [1.165, 1.54) is 40.1 Å². The minimum atomic E-state index is -0.630. The van der Waals surface area contributed by atoms with Gasteiger partial charge in [-0.05, 0) is 0 Å². The van der Waals surface area contributed by atoms with Crippen molar-refractivity contribution in [2.45, 2.75) is 6.92 Å². The first kappa shape index (κ1) is 21.1. The van der Waals surface area contributed by atoms with Crippen LogP contribution >= 0.6 is 0 Å². The van der Waals surface area contributed by atoms with E-state index in [2.05, 4.69) is 36.1 Å². The maximum Gasteiger partial charge on any atom is 0.341 e. The van der Waals surface area contributed by atoms with Crippen molar-refractivity contribution in [3.63, 3.8) is 0 Å². The van der Waals surface area contributed by atoms with Crippen LogP contribution in [0.1, 0.15) is 12.5 Å². The molecule has 0 atom stereocenters. The Bertz CT molecular complexity index is 604.